The number of anilines is 1. The molecule has 0 atom stereocenters. The van der Waals surface area contributed by atoms with Crippen LogP contribution in [0.25, 0.3) is 0 Å². The van der Waals surface area contributed by atoms with Gasteiger partial charge < -0.3 is 10.1 Å². The highest BCUT2D eigenvalue weighted by atomic mass is 32.1. The molecule has 0 spiro atoms. The molecule has 0 unspecified atom stereocenters. The number of amides is 1. The highest BCUT2D eigenvalue weighted by molar-refractivity contribution is 7.17. The molecule has 5 heteroatoms. The lowest BCUT2D eigenvalue weighted by Gasteiger charge is -2.11. The van der Waals surface area contributed by atoms with Gasteiger partial charge in [-0.3, -0.25) is 4.79 Å². The molecular weight excluding hydrogens is 298 g/mol. The van der Waals surface area contributed by atoms with Gasteiger partial charge in [-0.2, -0.15) is 0 Å². The van der Waals surface area contributed by atoms with Crippen LogP contribution in [-0.2, 0) is 22.4 Å². The van der Waals surface area contributed by atoms with Crippen molar-refractivity contribution in [2.24, 2.45) is 5.92 Å². The minimum Gasteiger partial charge on any atom is -0.462 e. The number of fused-ring (bicyclic) bond motifs is 1. The smallest absolute Gasteiger partial charge is 0.341 e. The fourth-order valence-electron chi connectivity index (χ4n) is 2.99. The van der Waals surface area contributed by atoms with Gasteiger partial charge in [0.25, 0.3) is 0 Å². The van der Waals surface area contributed by atoms with E-state index in [1.54, 1.807) is 11.3 Å². The van der Waals surface area contributed by atoms with Gasteiger partial charge in [0.15, 0.2) is 0 Å². The average molecular weight is 321 g/mol. The predicted octanol–water partition coefficient (Wildman–Crippen LogP) is 3.93. The highest BCUT2D eigenvalue weighted by Gasteiger charge is 2.32. The Bertz CT molecular complexity index is 575. The third kappa shape index (κ3) is 3.35. The maximum absolute atomic E-state index is 12.4. The summed E-state index contributed by atoms with van der Waals surface area (Å²) >= 11 is 1.58. The van der Waals surface area contributed by atoms with Gasteiger partial charge >= 0.3 is 5.97 Å². The highest BCUT2D eigenvalue weighted by Crippen LogP contribution is 2.39. The van der Waals surface area contributed by atoms with Gasteiger partial charge in [0.2, 0.25) is 5.91 Å². The van der Waals surface area contributed by atoms with Gasteiger partial charge in [0.05, 0.1) is 12.2 Å². The second-order valence-corrected chi connectivity index (χ2v) is 7.21. The summed E-state index contributed by atoms with van der Waals surface area (Å²) < 4.78 is 5.24. The molecule has 2 aliphatic rings. The Kier molecular flexibility index (Phi) is 4.81. The topological polar surface area (TPSA) is 55.4 Å². The Balaban J connectivity index is 1.93. The van der Waals surface area contributed by atoms with Crippen molar-refractivity contribution < 1.29 is 14.3 Å². The molecule has 1 aromatic rings. The first kappa shape index (κ1) is 15.5. The zero-order valence-corrected chi connectivity index (χ0v) is 13.9. The summed E-state index contributed by atoms with van der Waals surface area (Å²) in [5.74, 6) is -0.0915. The summed E-state index contributed by atoms with van der Waals surface area (Å²) in [7, 11) is 0. The summed E-state index contributed by atoms with van der Waals surface area (Å²) in [5, 5.41) is 3.70. The van der Waals surface area contributed by atoms with Gasteiger partial charge in [-0.15, -0.1) is 11.3 Å². The van der Waals surface area contributed by atoms with Crippen molar-refractivity contribution in [2.75, 3.05) is 11.9 Å². The number of hydrogen-bond acceptors (Lipinski definition) is 4. The van der Waals surface area contributed by atoms with E-state index >= 15 is 0 Å². The number of aryl methyl sites for hydroxylation is 1. The molecule has 1 saturated carbocycles. The summed E-state index contributed by atoms with van der Waals surface area (Å²) in [6, 6.07) is 0. The molecule has 0 saturated heterocycles. The van der Waals surface area contributed by atoms with Crippen LogP contribution in [0, 0.1) is 5.92 Å². The maximum Gasteiger partial charge on any atom is 0.341 e. The Morgan fingerprint density at radius 1 is 1.18 bits per heavy atom. The average Bonchev–Trinajstić information content (AvgIpc) is 3.25. The first-order valence-corrected chi connectivity index (χ1v) is 9.15. The molecule has 2 aliphatic carbocycles. The van der Waals surface area contributed by atoms with Crippen LogP contribution >= 0.6 is 11.3 Å². The number of thiophene rings is 1. The Hall–Kier alpha value is -1.36. The third-order valence-corrected chi connectivity index (χ3v) is 5.54. The van der Waals surface area contributed by atoms with Gasteiger partial charge in [-0.05, 0) is 51.0 Å². The van der Waals surface area contributed by atoms with Crippen LogP contribution in [0.2, 0.25) is 0 Å². The van der Waals surface area contributed by atoms with E-state index in [4.69, 9.17) is 4.74 Å². The lowest BCUT2D eigenvalue weighted by Crippen LogP contribution is -2.16. The normalized spacial score (nSPS) is 18.0. The van der Waals surface area contributed by atoms with Crippen molar-refractivity contribution in [3.05, 3.63) is 16.0 Å². The molecule has 0 aliphatic heterocycles. The molecule has 1 fully saturated rings. The fourth-order valence-corrected chi connectivity index (χ4v) is 4.27. The van der Waals surface area contributed by atoms with Crippen LogP contribution in [0.5, 0.6) is 0 Å². The Labute approximate surface area is 135 Å². The molecule has 1 aromatic heterocycles. The molecule has 0 aromatic carbocycles. The molecular formula is C17H23NO3S. The Morgan fingerprint density at radius 2 is 1.91 bits per heavy atom. The van der Waals surface area contributed by atoms with E-state index < -0.39 is 0 Å². The maximum atomic E-state index is 12.4. The molecule has 3 rings (SSSR count). The van der Waals surface area contributed by atoms with Crippen LogP contribution in [0.1, 0.15) is 66.2 Å². The minimum atomic E-state index is -0.285. The van der Waals surface area contributed by atoms with E-state index in [0.29, 0.717) is 17.2 Å². The predicted molar refractivity (Wildman–Crippen MR) is 87.5 cm³/mol. The SMILES string of the molecule is CCOC(=O)c1c(NC(=O)C2CC2)sc2c1CCCCCC2. The van der Waals surface area contributed by atoms with Crippen molar-refractivity contribution in [1.82, 2.24) is 0 Å². The monoisotopic (exact) mass is 321 g/mol. The van der Waals surface area contributed by atoms with Crippen LogP contribution in [0.15, 0.2) is 0 Å². The van der Waals surface area contributed by atoms with Gasteiger partial charge in [-0.25, -0.2) is 4.79 Å². The summed E-state index contributed by atoms with van der Waals surface area (Å²) in [6.07, 6.45) is 8.57. The van der Waals surface area contributed by atoms with E-state index in [0.717, 1.165) is 44.1 Å². The summed E-state index contributed by atoms with van der Waals surface area (Å²) in [4.78, 5) is 25.8. The first-order chi connectivity index (χ1) is 10.7. The first-order valence-electron chi connectivity index (χ1n) is 8.33. The molecule has 1 amide bonds. The number of hydrogen-bond donors (Lipinski definition) is 1. The van der Waals surface area contributed by atoms with E-state index in [-0.39, 0.29) is 17.8 Å². The lowest BCUT2D eigenvalue weighted by molar-refractivity contribution is -0.117. The largest absolute Gasteiger partial charge is 0.462 e. The number of ether oxygens (including phenoxy) is 1. The van der Waals surface area contributed by atoms with E-state index in [1.807, 2.05) is 6.92 Å². The van der Waals surface area contributed by atoms with Crippen LogP contribution in [0.4, 0.5) is 5.00 Å². The van der Waals surface area contributed by atoms with Crippen LogP contribution in [0.3, 0.4) is 0 Å². The third-order valence-electron chi connectivity index (χ3n) is 4.34. The van der Waals surface area contributed by atoms with Gasteiger partial charge in [-0.1, -0.05) is 12.8 Å². The fraction of sp³-hybridized carbons (Fsp3) is 0.647. The number of carbonyl (C=O) groups is 2. The molecule has 0 bridgehead atoms. The number of carbonyl (C=O) groups excluding carboxylic acids is 2. The quantitative estimate of drug-likeness (QED) is 0.855. The second kappa shape index (κ2) is 6.82. The van der Waals surface area contributed by atoms with E-state index in [1.165, 1.54) is 17.7 Å². The van der Waals surface area contributed by atoms with Gasteiger partial charge in [0.1, 0.15) is 5.00 Å². The molecule has 0 radical (unpaired) electrons. The molecule has 4 nitrogen and oxygen atoms in total. The van der Waals surface area contributed by atoms with E-state index in [9.17, 15) is 9.59 Å². The lowest BCUT2D eigenvalue weighted by atomic mass is 9.96. The minimum absolute atomic E-state index is 0.0553. The van der Waals surface area contributed by atoms with Crippen molar-refractivity contribution in [1.29, 1.82) is 0 Å². The van der Waals surface area contributed by atoms with Crippen molar-refractivity contribution in [2.45, 2.75) is 58.3 Å². The number of esters is 1. The standard InChI is InChI=1S/C17H23NO3S/c1-2-21-17(20)14-12-7-5-3-4-6-8-13(12)22-16(14)18-15(19)11-9-10-11/h11H,2-10H2,1H3,(H,18,19). The molecule has 1 N–H and O–H groups in total. The zero-order valence-electron chi connectivity index (χ0n) is 13.1. The van der Waals surface area contributed by atoms with Crippen molar-refractivity contribution >= 4 is 28.2 Å². The van der Waals surface area contributed by atoms with Crippen LogP contribution in [-0.4, -0.2) is 18.5 Å². The van der Waals surface area contributed by atoms with E-state index in [2.05, 4.69) is 5.32 Å². The van der Waals surface area contributed by atoms with Gasteiger partial charge in [0, 0.05) is 10.8 Å². The van der Waals surface area contributed by atoms with Crippen molar-refractivity contribution in [3.8, 4) is 0 Å². The summed E-state index contributed by atoms with van der Waals surface area (Å²) in [5.41, 5.74) is 1.74. The van der Waals surface area contributed by atoms with Crippen molar-refractivity contribution in [3.63, 3.8) is 0 Å². The Morgan fingerprint density at radius 3 is 2.59 bits per heavy atom. The molecule has 22 heavy (non-hydrogen) atoms. The zero-order chi connectivity index (χ0) is 15.5. The molecule has 120 valence electrons. The molecule has 1 heterocycles. The van der Waals surface area contributed by atoms with Crippen LogP contribution < -0.4 is 5.32 Å². The second-order valence-electron chi connectivity index (χ2n) is 6.11. The summed E-state index contributed by atoms with van der Waals surface area (Å²) in [6.45, 7) is 2.18. The number of nitrogens with one attached hydrogen (secondary N) is 1. The number of rotatable bonds is 4.